The molecule has 1 aromatic rings. The van der Waals surface area contributed by atoms with Crippen LogP contribution >= 0.6 is 15.9 Å². The topological polar surface area (TPSA) is 46.4 Å². The average molecular weight is 327 g/mol. The van der Waals surface area contributed by atoms with Gasteiger partial charge >= 0.3 is 0 Å². The second kappa shape index (κ2) is 6.37. The number of hydrogen-bond acceptors (Lipinski definition) is 3. The molecule has 5 heteroatoms. The van der Waals surface area contributed by atoms with Gasteiger partial charge in [0.15, 0.2) is 0 Å². The van der Waals surface area contributed by atoms with E-state index in [-0.39, 0.29) is 10.6 Å². The molecular weight excluding hydrogens is 308 g/mol. The summed E-state index contributed by atoms with van der Waals surface area (Å²) in [7, 11) is 0. The lowest BCUT2D eigenvalue weighted by atomic mass is 9.94. The van der Waals surface area contributed by atoms with Crippen LogP contribution in [0.5, 0.6) is 0 Å². The van der Waals surface area contributed by atoms with E-state index in [0.29, 0.717) is 5.33 Å². The lowest BCUT2D eigenvalue weighted by Crippen LogP contribution is -2.34. The van der Waals surface area contributed by atoms with Crippen LogP contribution in [0, 0.1) is 16.0 Å². The molecule has 1 aliphatic heterocycles. The largest absolute Gasteiger partial charge is 0.371 e. The molecular formula is C14H19BrN2O2. The van der Waals surface area contributed by atoms with Gasteiger partial charge < -0.3 is 4.90 Å². The number of nitrogens with zero attached hydrogens (tertiary/aromatic N) is 2. The molecule has 0 radical (unpaired) electrons. The monoisotopic (exact) mass is 326 g/mol. The number of halogens is 1. The van der Waals surface area contributed by atoms with Gasteiger partial charge in [0.2, 0.25) is 0 Å². The van der Waals surface area contributed by atoms with E-state index in [4.69, 9.17) is 0 Å². The summed E-state index contributed by atoms with van der Waals surface area (Å²) < 4.78 is 0. The maximum absolute atomic E-state index is 10.8. The van der Waals surface area contributed by atoms with Crippen molar-refractivity contribution in [2.45, 2.75) is 31.5 Å². The van der Waals surface area contributed by atoms with Gasteiger partial charge in [0.25, 0.3) is 5.69 Å². The normalized spacial score (nSPS) is 16.6. The second-order valence-corrected chi connectivity index (χ2v) is 5.60. The van der Waals surface area contributed by atoms with Crippen molar-refractivity contribution in [3.05, 3.63) is 33.9 Å². The maximum atomic E-state index is 10.8. The highest BCUT2D eigenvalue weighted by molar-refractivity contribution is 9.08. The molecule has 19 heavy (non-hydrogen) atoms. The molecule has 104 valence electrons. The Labute approximate surface area is 122 Å². The van der Waals surface area contributed by atoms with Gasteiger partial charge in [-0.25, -0.2) is 0 Å². The van der Waals surface area contributed by atoms with Crippen LogP contribution in [-0.2, 0) is 5.33 Å². The zero-order valence-electron chi connectivity index (χ0n) is 11.1. The number of piperidine rings is 1. The molecule has 0 spiro atoms. The summed E-state index contributed by atoms with van der Waals surface area (Å²) in [6.45, 7) is 4.35. The SMILES string of the molecule is CCC1CCN(c2ccc([N+](=O)[O-])cc2CBr)CC1. The summed E-state index contributed by atoms with van der Waals surface area (Å²) in [6.07, 6.45) is 3.68. The molecule has 0 aliphatic carbocycles. The smallest absolute Gasteiger partial charge is 0.269 e. The van der Waals surface area contributed by atoms with Crippen LogP contribution in [0.15, 0.2) is 18.2 Å². The Morgan fingerprint density at radius 2 is 2.11 bits per heavy atom. The minimum atomic E-state index is -0.334. The van der Waals surface area contributed by atoms with Crippen molar-refractivity contribution in [2.75, 3.05) is 18.0 Å². The Morgan fingerprint density at radius 1 is 1.42 bits per heavy atom. The van der Waals surface area contributed by atoms with Crippen molar-refractivity contribution < 1.29 is 4.92 Å². The number of alkyl halides is 1. The van der Waals surface area contributed by atoms with E-state index < -0.39 is 0 Å². The molecule has 0 N–H and O–H groups in total. The predicted octanol–water partition coefficient (Wildman–Crippen LogP) is 4.12. The Hall–Kier alpha value is -1.10. The van der Waals surface area contributed by atoms with Gasteiger partial charge in [-0.1, -0.05) is 29.3 Å². The summed E-state index contributed by atoms with van der Waals surface area (Å²) in [5.41, 5.74) is 2.31. The maximum Gasteiger partial charge on any atom is 0.269 e. The van der Waals surface area contributed by atoms with Gasteiger partial charge in [-0.3, -0.25) is 10.1 Å². The fourth-order valence-electron chi connectivity index (χ4n) is 2.68. The Bertz CT molecular complexity index is 457. The van der Waals surface area contributed by atoms with E-state index in [2.05, 4.69) is 27.8 Å². The molecule has 1 fully saturated rings. The molecule has 2 rings (SSSR count). The van der Waals surface area contributed by atoms with Gasteiger partial charge in [-0.05, 0) is 30.4 Å². The first kappa shape index (κ1) is 14.3. The minimum Gasteiger partial charge on any atom is -0.371 e. The van der Waals surface area contributed by atoms with Crippen LogP contribution in [0.25, 0.3) is 0 Å². The Balaban J connectivity index is 2.18. The molecule has 0 aromatic heterocycles. The quantitative estimate of drug-likeness (QED) is 0.475. The summed E-state index contributed by atoms with van der Waals surface area (Å²) in [6, 6.07) is 5.17. The third-order valence-electron chi connectivity index (χ3n) is 3.95. The number of hydrogen-bond donors (Lipinski definition) is 0. The molecule has 1 heterocycles. The first-order chi connectivity index (χ1) is 9.15. The first-order valence-electron chi connectivity index (χ1n) is 6.74. The van der Waals surface area contributed by atoms with Gasteiger partial charge in [0, 0.05) is 36.2 Å². The van der Waals surface area contributed by atoms with Crippen LogP contribution in [0.4, 0.5) is 11.4 Å². The third kappa shape index (κ3) is 3.26. The molecule has 0 saturated carbocycles. The van der Waals surface area contributed by atoms with Crippen LogP contribution < -0.4 is 4.90 Å². The Morgan fingerprint density at radius 3 is 2.63 bits per heavy atom. The zero-order valence-corrected chi connectivity index (χ0v) is 12.7. The molecule has 0 unspecified atom stereocenters. The molecule has 0 amide bonds. The highest BCUT2D eigenvalue weighted by Gasteiger charge is 2.21. The summed E-state index contributed by atoms with van der Waals surface area (Å²) >= 11 is 3.43. The lowest BCUT2D eigenvalue weighted by molar-refractivity contribution is -0.384. The van der Waals surface area contributed by atoms with E-state index in [1.165, 1.54) is 19.3 Å². The zero-order chi connectivity index (χ0) is 13.8. The highest BCUT2D eigenvalue weighted by atomic mass is 79.9. The highest BCUT2D eigenvalue weighted by Crippen LogP contribution is 2.31. The summed E-state index contributed by atoms with van der Waals surface area (Å²) in [5.74, 6) is 0.835. The van der Waals surface area contributed by atoms with Crippen molar-refractivity contribution in [1.82, 2.24) is 0 Å². The van der Waals surface area contributed by atoms with Crippen molar-refractivity contribution in [3.8, 4) is 0 Å². The number of nitro benzene ring substituents is 1. The average Bonchev–Trinajstić information content (AvgIpc) is 2.46. The molecule has 0 bridgehead atoms. The Kier molecular flexibility index (Phi) is 4.80. The molecule has 1 aliphatic rings. The number of benzene rings is 1. The van der Waals surface area contributed by atoms with E-state index in [9.17, 15) is 10.1 Å². The second-order valence-electron chi connectivity index (χ2n) is 5.04. The van der Waals surface area contributed by atoms with Crippen molar-refractivity contribution >= 4 is 27.3 Å². The van der Waals surface area contributed by atoms with E-state index in [0.717, 1.165) is 30.3 Å². The van der Waals surface area contributed by atoms with Crippen LogP contribution in [0.3, 0.4) is 0 Å². The fourth-order valence-corrected chi connectivity index (χ4v) is 3.13. The predicted molar refractivity (Wildman–Crippen MR) is 81.0 cm³/mol. The third-order valence-corrected chi connectivity index (χ3v) is 4.55. The molecule has 0 atom stereocenters. The van der Waals surface area contributed by atoms with Gasteiger partial charge in [0.1, 0.15) is 0 Å². The van der Waals surface area contributed by atoms with E-state index >= 15 is 0 Å². The first-order valence-corrected chi connectivity index (χ1v) is 7.86. The summed E-state index contributed by atoms with van der Waals surface area (Å²) in [5, 5.41) is 11.5. The minimum absolute atomic E-state index is 0.168. The standard InChI is InChI=1S/C14H19BrN2O2/c1-2-11-5-7-16(8-6-11)14-4-3-13(17(18)19)9-12(14)10-15/h3-4,9,11H,2,5-8,10H2,1H3. The lowest BCUT2D eigenvalue weighted by Gasteiger charge is -2.34. The van der Waals surface area contributed by atoms with E-state index in [1.807, 2.05) is 6.07 Å². The molecule has 1 aromatic carbocycles. The van der Waals surface area contributed by atoms with E-state index in [1.54, 1.807) is 12.1 Å². The van der Waals surface area contributed by atoms with Crippen molar-refractivity contribution in [1.29, 1.82) is 0 Å². The van der Waals surface area contributed by atoms with Crippen LogP contribution in [0.1, 0.15) is 31.7 Å². The fraction of sp³-hybridized carbons (Fsp3) is 0.571. The van der Waals surface area contributed by atoms with Crippen LogP contribution in [0.2, 0.25) is 0 Å². The van der Waals surface area contributed by atoms with Gasteiger partial charge in [-0.2, -0.15) is 0 Å². The number of anilines is 1. The molecule has 1 saturated heterocycles. The molecule has 4 nitrogen and oxygen atoms in total. The number of rotatable bonds is 4. The van der Waals surface area contributed by atoms with Gasteiger partial charge in [0.05, 0.1) is 4.92 Å². The van der Waals surface area contributed by atoms with Crippen LogP contribution in [-0.4, -0.2) is 18.0 Å². The van der Waals surface area contributed by atoms with Crippen molar-refractivity contribution in [3.63, 3.8) is 0 Å². The summed E-state index contributed by atoms with van der Waals surface area (Å²) in [4.78, 5) is 12.8. The number of non-ortho nitro benzene ring substituents is 1. The van der Waals surface area contributed by atoms with Crippen molar-refractivity contribution in [2.24, 2.45) is 5.92 Å². The van der Waals surface area contributed by atoms with Gasteiger partial charge in [-0.15, -0.1) is 0 Å². The number of nitro groups is 1.